The number of nitrogens with zero attached hydrogens (tertiary/aromatic N) is 1. The van der Waals surface area contributed by atoms with Crippen molar-refractivity contribution in [1.29, 1.82) is 0 Å². The van der Waals surface area contributed by atoms with Crippen LogP contribution < -0.4 is 14.4 Å². The van der Waals surface area contributed by atoms with Gasteiger partial charge in [0.1, 0.15) is 6.61 Å². The van der Waals surface area contributed by atoms with Crippen molar-refractivity contribution in [3.63, 3.8) is 0 Å². The molecule has 1 aliphatic rings. The largest absolute Gasteiger partial charge is 0.493 e. The Labute approximate surface area is 159 Å². The standard InChI is InChI=1S/C20H17F2NO5/c1-26-17-8-6-13(11-18(17)28-19(21)22)5-7-16(24)14-3-2-4-15(12-14)23-9-10-27-20(23)25/h2-8,11-12,19H,9-10H2,1H3/b7-5+. The number of methoxy groups -OCH3 is 1. The predicted molar refractivity (Wildman–Crippen MR) is 98.1 cm³/mol. The van der Waals surface area contributed by atoms with E-state index in [1.54, 1.807) is 30.3 Å². The minimum Gasteiger partial charge on any atom is -0.493 e. The van der Waals surface area contributed by atoms with Crippen LogP contribution in [0.5, 0.6) is 11.5 Å². The lowest BCUT2D eigenvalue weighted by molar-refractivity contribution is -0.0512. The van der Waals surface area contributed by atoms with Gasteiger partial charge in [0.15, 0.2) is 17.3 Å². The molecule has 0 radical (unpaired) electrons. The molecule has 0 spiro atoms. The van der Waals surface area contributed by atoms with Crippen LogP contribution in [-0.2, 0) is 4.74 Å². The molecule has 28 heavy (non-hydrogen) atoms. The van der Waals surface area contributed by atoms with Gasteiger partial charge in [0.05, 0.1) is 13.7 Å². The monoisotopic (exact) mass is 389 g/mol. The van der Waals surface area contributed by atoms with Crippen molar-refractivity contribution in [2.75, 3.05) is 25.2 Å². The summed E-state index contributed by atoms with van der Waals surface area (Å²) in [4.78, 5) is 25.6. The van der Waals surface area contributed by atoms with E-state index in [1.165, 1.54) is 36.3 Å². The number of hydrogen-bond acceptors (Lipinski definition) is 5. The summed E-state index contributed by atoms with van der Waals surface area (Å²) in [6, 6.07) is 11.0. The number of halogens is 2. The lowest BCUT2D eigenvalue weighted by Crippen LogP contribution is -2.23. The van der Waals surface area contributed by atoms with E-state index in [0.717, 1.165) is 0 Å². The van der Waals surface area contributed by atoms with Crippen LogP contribution in [0.3, 0.4) is 0 Å². The minimum atomic E-state index is -2.99. The van der Waals surface area contributed by atoms with Crippen LogP contribution in [0.2, 0.25) is 0 Å². The predicted octanol–water partition coefficient (Wildman–Crippen LogP) is 4.15. The average molecular weight is 389 g/mol. The zero-order valence-corrected chi connectivity index (χ0v) is 14.9. The average Bonchev–Trinajstić information content (AvgIpc) is 3.12. The Hall–Kier alpha value is -3.42. The number of ether oxygens (including phenoxy) is 3. The first kappa shape index (κ1) is 19.3. The topological polar surface area (TPSA) is 65.1 Å². The molecule has 2 aromatic carbocycles. The molecule has 6 nitrogen and oxygen atoms in total. The van der Waals surface area contributed by atoms with Gasteiger partial charge in [0.2, 0.25) is 0 Å². The van der Waals surface area contributed by atoms with Crippen molar-refractivity contribution in [3.05, 3.63) is 59.7 Å². The normalized spacial score (nSPS) is 13.9. The molecule has 1 fully saturated rings. The van der Waals surface area contributed by atoms with E-state index in [-0.39, 0.29) is 17.3 Å². The Morgan fingerprint density at radius 3 is 2.71 bits per heavy atom. The van der Waals surface area contributed by atoms with E-state index in [4.69, 9.17) is 9.47 Å². The lowest BCUT2D eigenvalue weighted by Gasteiger charge is -2.13. The number of amides is 1. The molecule has 8 heteroatoms. The highest BCUT2D eigenvalue weighted by molar-refractivity contribution is 6.07. The van der Waals surface area contributed by atoms with E-state index in [9.17, 15) is 18.4 Å². The highest BCUT2D eigenvalue weighted by Gasteiger charge is 2.23. The third kappa shape index (κ3) is 4.46. The second-order valence-electron chi connectivity index (χ2n) is 5.80. The highest BCUT2D eigenvalue weighted by atomic mass is 19.3. The van der Waals surface area contributed by atoms with E-state index < -0.39 is 12.7 Å². The molecule has 0 atom stereocenters. The first-order chi connectivity index (χ1) is 13.5. The Kier molecular flexibility index (Phi) is 5.88. The van der Waals surface area contributed by atoms with Crippen molar-refractivity contribution >= 4 is 23.6 Å². The molecule has 0 saturated carbocycles. The number of benzene rings is 2. The van der Waals surface area contributed by atoms with Crippen LogP contribution in [0, 0.1) is 0 Å². The fraction of sp³-hybridized carbons (Fsp3) is 0.200. The van der Waals surface area contributed by atoms with Gasteiger partial charge in [0.25, 0.3) is 0 Å². The van der Waals surface area contributed by atoms with Gasteiger partial charge in [0, 0.05) is 11.3 Å². The van der Waals surface area contributed by atoms with Crippen molar-refractivity contribution in [1.82, 2.24) is 0 Å². The first-order valence-electron chi connectivity index (χ1n) is 8.37. The van der Waals surface area contributed by atoms with Crippen molar-refractivity contribution in [3.8, 4) is 11.5 Å². The minimum absolute atomic E-state index is 0.123. The third-order valence-corrected chi connectivity index (χ3v) is 4.03. The van der Waals surface area contributed by atoms with Gasteiger partial charge in [-0.05, 0) is 35.9 Å². The van der Waals surface area contributed by atoms with Crippen molar-refractivity contribution in [2.24, 2.45) is 0 Å². The molecular formula is C20H17F2NO5. The van der Waals surface area contributed by atoms with Gasteiger partial charge in [-0.1, -0.05) is 24.3 Å². The molecule has 1 amide bonds. The van der Waals surface area contributed by atoms with Crippen LogP contribution in [0.15, 0.2) is 48.5 Å². The smallest absolute Gasteiger partial charge is 0.414 e. The molecule has 0 aliphatic carbocycles. The summed E-state index contributed by atoms with van der Waals surface area (Å²) in [5.41, 5.74) is 1.44. The van der Waals surface area contributed by atoms with E-state index in [0.29, 0.717) is 30.0 Å². The molecule has 0 bridgehead atoms. The third-order valence-electron chi connectivity index (χ3n) is 4.03. The van der Waals surface area contributed by atoms with Crippen LogP contribution in [0.1, 0.15) is 15.9 Å². The van der Waals surface area contributed by atoms with Gasteiger partial charge < -0.3 is 14.2 Å². The maximum atomic E-state index is 12.5. The summed E-state index contributed by atoms with van der Waals surface area (Å²) in [6.45, 7) is -2.27. The van der Waals surface area contributed by atoms with Crippen LogP contribution in [-0.4, -0.2) is 38.7 Å². The fourth-order valence-corrected chi connectivity index (χ4v) is 2.71. The molecule has 3 rings (SSSR count). The molecule has 0 aromatic heterocycles. The number of allylic oxidation sites excluding steroid dienone is 1. The van der Waals surface area contributed by atoms with Crippen LogP contribution >= 0.6 is 0 Å². The second-order valence-corrected chi connectivity index (χ2v) is 5.80. The number of ketones is 1. The van der Waals surface area contributed by atoms with E-state index >= 15 is 0 Å². The molecule has 0 unspecified atom stereocenters. The summed E-state index contributed by atoms with van der Waals surface area (Å²) >= 11 is 0. The Bertz CT molecular complexity index is 913. The van der Waals surface area contributed by atoms with Gasteiger partial charge in [-0.2, -0.15) is 8.78 Å². The highest BCUT2D eigenvalue weighted by Crippen LogP contribution is 2.30. The lowest BCUT2D eigenvalue weighted by atomic mass is 10.1. The quantitative estimate of drug-likeness (QED) is 0.526. The van der Waals surface area contributed by atoms with Gasteiger partial charge in [-0.3, -0.25) is 9.69 Å². The van der Waals surface area contributed by atoms with Crippen LogP contribution in [0.4, 0.5) is 19.3 Å². The summed E-state index contributed by atoms with van der Waals surface area (Å²) in [7, 11) is 1.34. The molecule has 2 aromatic rings. The number of cyclic esters (lactones) is 1. The molecule has 1 saturated heterocycles. The maximum absolute atomic E-state index is 12.5. The Balaban J connectivity index is 1.77. The number of rotatable bonds is 7. The number of hydrogen-bond donors (Lipinski definition) is 0. The summed E-state index contributed by atoms with van der Waals surface area (Å²) < 4.78 is 39.3. The molecule has 0 N–H and O–H groups in total. The fourth-order valence-electron chi connectivity index (χ4n) is 2.71. The number of carbonyl (C=O) groups excluding carboxylic acids is 2. The van der Waals surface area contributed by atoms with E-state index in [1.807, 2.05) is 0 Å². The van der Waals surface area contributed by atoms with Gasteiger partial charge in [-0.25, -0.2) is 4.79 Å². The van der Waals surface area contributed by atoms with Gasteiger partial charge in [-0.15, -0.1) is 0 Å². The van der Waals surface area contributed by atoms with E-state index in [2.05, 4.69) is 4.74 Å². The summed E-state index contributed by atoms with van der Waals surface area (Å²) in [5.74, 6) is -0.267. The van der Waals surface area contributed by atoms with Gasteiger partial charge >= 0.3 is 12.7 Å². The molecule has 1 heterocycles. The number of anilines is 1. The SMILES string of the molecule is COc1ccc(/C=C/C(=O)c2cccc(N3CCOC3=O)c2)cc1OC(F)F. The zero-order chi connectivity index (χ0) is 20.1. The molecule has 146 valence electrons. The van der Waals surface area contributed by atoms with Crippen molar-refractivity contribution in [2.45, 2.75) is 6.61 Å². The van der Waals surface area contributed by atoms with Crippen LogP contribution in [0.25, 0.3) is 6.08 Å². The first-order valence-corrected chi connectivity index (χ1v) is 8.37. The summed E-state index contributed by atoms with van der Waals surface area (Å²) in [5, 5.41) is 0. The molecule has 1 aliphatic heterocycles. The zero-order valence-electron chi connectivity index (χ0n) is 14.9. The second kappa shape index (κ2) is 8.51. The number of alkyl halides is 2. The molecular weight excluding hydrogens is 372 g/mol. The maximum Gasteiger partial charge on any atom is 0.414 e. The summed E-state index contributed by atoms with van der Waals surface area (Å²) in [6.07, 6.45) is 2.34. The number of carbonyl (C=O) groups is 2. The Morgan fingerprint density at radius 2 is 2.04 bits per heavy atom. The van der Waals surface area contributed by atoms with Crippen molar-refractivity contribution < 1.29 is 32.6 Å². The Morgan fingerprint density at radius 1 is 1.21 bits per heavy atom.